The normalized spacial score (nSPS) is 28.8. The summed E-state index contributed by atoms with van der Waals surface area (Å²) < 4.78 is 37.4. The number of ether oxygens (including phenoxy) is 2. The summed E-state index contributed by atoms with van der Waals surface area (Å²) >= 11 is 0. The largest absolute Gasteiger partial charge is 0.454 e. The Hall–Kier alpha value is -1.31. The molecule has 0 saturated carbocycles. The minimum absolute atomic E-state index is 0.151. The quantitative estimate of drug-likeness (QED) is 0.847. The molecule has 2 atom stereocenters. The summed E-state index contributed by atoms with van der Waals surface area (Å²) in [5.41, 5.74) is 0. The van der Waals surface area contributed by atoms with Crippen LogP contribution in [-0.4, -0.2) is 45.7 Å². The second kappa shape index (κ2) is 4.34. The van der Waals surface area contributed by atoms with E-state index in [0.717, 1.165) is 13.1 Å². The van der Waals surface area contributed by atoms with Crippen LogP contribution in [0.25, 0.3) is 0 Å². The second-order valence-corrected chi connectivity index (χ2v) is 7.45. The predicted octanol–water partition coefficient (Wildman–Crippen LogP) is 0.255. The number of nitrogens with one attached hydrogen (secondary N) is 1. The van der Waals surface area contributed by atoms with Crippen LogP contribution in [-0.2, 0) is 10.0 Å². The molecule has 0 unspecified atom stereocenters. The van der Waals surface area contributed by atoms with E-state index in [9.17, 15) is 8.42 Å². The van der Waals surface area contributed by atoms with E-state index < -0.39 is 10.0 Å². The Morgan fingerprint density at radius 2 is 1.80 bits per heavy atom. The number of rotatable bonds is 2. The van der Waals surface area contributed by atoms with E-state index in [0.29, 0.717) is 36.4 Å². The Morgan fingerprint density at radius 1 is 1.10 bits per heavy atom. The van der Waals surface area contributed by atoms with Gasteiger partial charge in [-0.25, -0.2) is 8.42 Å². The third-order valence-corrected chi connectivity index (χ3v) is 6.17. The summed E-state index contributed by atoms with van der Waals surface area (Å²) in [7, 11) is -3.43. The number of hydrogen-bond acceptors (Lipinski definition) is 5. The van der Waals surface area contributed by atoms with Crippen LogP contribution < -0.4 is 14.8 Å². The molecular weight excluding hydrogens is 280 g/mol. The molecule has 2 fully saturated rings. The van der Waals surface area contributed by atoms with Crippen LogP contribution in [0.4, 0.5) is 0 Å². The summed E-state index contributed by atoms with van der Waals surface area (Å²) in [6.07, 6.45) is 0. The van der Waals surface area contributed by atoms with Crippen LogP contribution in [0.5, 0.6) is 11.5 Å². The minimum Gasteiger partial charge on any atom is -0.454 e. The zero-order valence-electron chi connectivity index (χ0n) is 10.9. The predicted molar refractivity (Wildman–Crippen MR) is 71.2 cm³/mol. The maximum Gasteiger partial charge on any atom is 0.243 e. The van der Waals surface area contributed by atoms with Crippen molar-refractivity contribution in [2.45, 2.75) is 4.90 Å². The van der Waals surface area contributed by atoms with Gasteiger partial charge in [-0.3, -0.25) is 0 Å². The van der Waals surface area contributed by atoms with Crippen molar-refractivity contribution < 1.29 is 17.9 Å². The fourth-order valence-electron chi connectivity index (χ4n) is 3.19. The first-order valence-electron chi connectivity index (χ1n) is 6.75. The van der Waals surface area contributed by atoms with Crippen LogP contribution in [0.3, 0.4) is 0 Å². The van der Waals surface area contributed by atoms with Gasteiger partial charge in [0.05, 0.1) is 4.90 Å². The van der Waals surface area contributed by atoms with Crippen molar-refractivity contribution in [2.24, 2.45) is 11.8 Å². The van der Waals surface area contributed by atoms with Gasteiger partial charge in [0.15, 0.2) is 11.5 Å². The van der Waals surface area contributed by atoms with Crippen molar-refractivity contribution in [3.05, 3.63) is 18.2 Å². The Bertz CT molecular complexity index is 634. The highest BCUT2D eigenvalue weighted by atomic mass is 32.2. The molecule has 3 heterocycles. The number of hydrogen-bond donors (Lipinski definition) is 1. The SMILES string of the molecule is O=S(=O)(c1ccc2c(c1)OCO2)N1C[C@H]2CNC[C@H]2C1. The number of nitrogens with zero attached hydrogens (tertiary/aromatic N) is 1. The average molecular weight is 296 g/mol. The lowest BCUT2D eigenvalue weighted by Crippen LogP contribution is -2.31. The number of benzene rings is 1. The van der Waals surface area contributed by atoms with Gasteiger partial charge < -0.3 is 14.8 Å². The van der Waals surface area contributed by atoms with Crippen molar-refractivity contribution in [3.8, 4) is 11.5 Å². The van der Waals surface area contributed by atoms with Crippen LogP contribution >= 0.6 is 0 Å². The van der Waals surface area contributed by atoms with Crippen LogP contribution in [0, 0.1) is 11.8 Å². The van der Waals surface area contributed by atoms with Gasteiger partial charge in [-0.1, -0.05) is 0 Å². The summed E-state index contributed by atoms with van der Waals surface area (Å²) in [5, 5.41) is 3.31. The molecule has 4 rings (SSSR count). The van der Waals surface area contributed by atoms with Crippen molar-refractivity contribution in [1.82, 2.24) is 9.62 Å². The fraction of sp³-hybridized carbons (Fsp3) is 0.538. The van der Waals surface area contributed by atoms with E-state index in [1.54, 1.807) is 22.5 Å². The summed E-state index contributed by atoms with van der Waals surface area (Å²) in [6.45, 7) is 3.19. The Morgan fingerprint density at radius 3 is 2.55 bits per heavy atom. The summed E-state index contributed by atoms with van der Waals surface area (Å²) in [6, 6.07) is 4.81. The fourth-order valence-corrected chi connectivity index (χ4v) is 4.76. The molecule has 3 aliphatic rings. The zero-order chi connectivity index (χ0) is 13.7. The first kappa shape index (κ1) is 12.4. The Labute approximate surface area is 117 Å². The lowest BCUT2D eigenvalue weighted by molar-refractivity contribution is 0.174. The van der Waals surface area contributed by atoms with Gasteiger partial charge >= 0.3 is 0 Å². The van der Waals surface area contributed by atoms with Crippen molar-refractivity contribution >= 4 is 10.0 Å². The van der Waals surface area contributed by atoms with E-state index in [2.05, 4.69) is 5.32 Å². The molecule has 2 saturated heterocycles. The highest BCUT2D eigenvalue weighted by molar-refractivity contribution is 7.89. The molecule has 1 aromatic rings. The highest BCUT2D eigenvalue weighted by Crippen LogP contribution is 2.36. The Balaban J connectivity index is 1.64. The molecule has 0 amide bonds. The minimum atomic E-state index is -3.43. The summed E-state index contributed by atoms with van der Waals surface area (Å²) in [4.78, 5) is 0.287. The molecule has 1 aromatic carbocycles. The number of sulfonamides is 1. The molecule has 20 heavy (non-hydrogen) atoms. The molecule has 3 aliphatic heterocycles. The van der Waals surface area contributed by atoms with Crippen LogP contribution in [0.2, 0.25) is 0 Å². The molecule has 6 nitrogen and oxygen atoms in total. The smallest absolute Gasteiger partial charge is 0.243 e. The molecule has 0 bridgehead atoms. The van der Waals surface area contributed by atoms with Gasteiger partial charge in [0.25, 0.3) is 0 Å². The third-order valence-electron chi connectivity index (χ3n) is 4.34. The molecular formula is C13H16N2O4S. The third kappa shape index (κ3) is 1.81. The lowest BCUT2D eigenvalue weighted by atomic mass is 10.0. The van der Waals surface area contributed by atoms with Gasteiger partial charge in [0.2, 0.25) is 16.8 Å². The van der Waals surface area contributed by atoms with Crippen LogP contribution in [0.1, 0.15) is 0 Å². The first-order valence-corrected chi connectivity index (χ1v) is 8.19. The maximum atomic E-state index is 12.7. The van der Waals surface area contributed by atoms with E-state index in [-0.39, 0.29) is 11.7 Å². The zero-order valence-corrected chi connectivity index (χ0v) is 11.7. The molecule has 0 radical (unpaired) electrons. The molecule has 0 aliphatic carbocycles. The molecule has 0 aromatic heterocycles. The van der Waals surface area contributed by atoms with Gasteiger partial charge in [0, 0.05) is 19.2 Å². The topological polar surface area (TPSA) is 67.9 Å². The van der Waals surface area contributed by atoms with Gasteiger partial charge in [0.1, 0.15) is 0 Å². The monoisotopic (exact) mass is 296 g/mol. The molecule has 7 heteroatoms. The number of fused-ring (bicyclic) bond motifs is 2. The molecule has 0 spiro atoms. The Kier molecular flexibility index (Phi) is 2.70. The highest BCUT2D eigenvalue weighted by Gasteiger charge is 2.41. The standard InChI is InChI=1S/C13H16N2O4S/c16-20(17,15-6-9-4-14-5-10(9)7-15)11-1-2-12-13(3-11)19-8-18-12/h1-3,9-10,14H,4-8H2/t9-,10+. The first-order chi connectivity index (χ1) is 9.64. The van der Waals surface area contributed by atoms with Crippen molar-refractivity contribution in [3.63, 3.8) is 0 Å². The van der Waals surface area contributed by atoms with Gasteiger partial charge in [-0.15, -0.1) is 0 Å². The van der Waals surface area contributed by atoms with Crippen molar-refractivity contribution in [1.29, 1.82) is 0 Å². The summed E-state index contributed by atoms with van der Waals surface area (Å²) in [5.74, 6) is 2.00. The van der Waals surface area contributed by atoms with E-state index in [1.807, 2.05) is 0 Å². The van der Waals surface area contributed by atoms with Gasteiger partial charge in [-0.05, 0) is 37.1 Å². The maximum absolute atomic E-state index is 12.7. The van der Waals surface area contributed by atoms with Gasteiger partial charge in [-0.2, -0.15) is 4.31 Å². The van der Waals surface area contributed by atoms with E-state index in [4.69, 9.17) is 9.47 Å². The van der Waals surface area contributed by atoms with E-state index in [1.165, 1.54) is 0 Å². The molecule has 108 valence electrons. The van der Waals surface area contributed by atoms with E-state index >= 15 is 0 Å². The molecule has 1 N–H and O–H groups in total. The van der Waals surface area contributed by atoms with Crippen LogP contribution in [0.15, 0.2) is 23.1 Å². The van der Waals surface area contributed by atoms with Crippen molar-refractivity contribution in [2.75, 3.05) is 33.0 Å². The lowest BCUT2D eigenvalue weighted by Gasteiger charge is -2.17. The average Bonchev–Trinajstić information content (AvgIpc) is 3.12. The second-order valence-electron chi connectivity index (χ2n) is 5.52.